The summed E-state index contributed by atoms with van der Waals surface area (Å²) in [6.07, 6.45) is 8.26. The van der Waals surface area contributed by atoms with Gasteiger partial charge in [-0.15, -0.1) is 0 Å². The van der Waals surface area contributed by atoms with Gasteiger partial charge < -0.3 is 88.3 Å². The van der Waals surface area contributed by atoms with Crippen LogP contribution in [0, 0.1) is 5.92 Å². The van der Waals surface area contributed by atoms with Crippen LogP contribution in [0.2, 0.25) is 0 Å². The number of carbonyl (C=O) groups excluding carboxylic acids is 13. The predicted molar refractivity (Wildman–Crippen MR) is 347 cm³/mol. The topological polar surface area (TPSA) is 572 Å². The fourth-order valence-electron chi connectivity index (χ4n) is 12.0. The number of likely N-dealkylation sites (tertiary alicyclic amines) is 3. The average molecular weight is 1390 g/mol. The minimum atomic E-state index is -1.74. The van der Waals surface area contributed by atoms with Crippen LogP contribution in [0.4, 0.5) is 0 Å². The lowest BCUT2D eigenvalue weighted by atomic mass is 10.0. The molecule has 0 unspecified atom stereocenters. The number of guanidine groups is 2. The molecule has 11 atom stereocenters. The van der Waals surface area contributed by atoms with Crippen molar-refractivity contribution in [2.24, 2.45) is 28.9 Å². The van der Waals surface area contributed by atoms with Crippen molar-refractivity contribution in [2.75, 3.05) is 64.4 Å². The smallest absolute Gasteiger partial charge is 0.338 e. The summed E-state index contributed by atoms with van der Waals surface area (Å²) < 4.78 is 0. The molecule has 97 heavy (non-hydrogen) atoms. The molecule has 4 saturated heterocycles. The molecule has 0 spiro atoms. The van der Waals surface area contributed by atoms with E-state index in [2.05, 4.69) is 73.5 Å². The zero-order valence-corrected chi connectivity index (χ0v) is 56.4. The van der Waals surface area contributed by atoms with Crippen LogP contribution in [-0.4, -0.2) is 249 Å². The molecule has 36 nitrogen and oxygen atoms in total. The average Bonchev–Trinajstić information content (AvgIpc) is 1.76. The van der Waals surface area contributed by atoms with Crippen molar-refractivity contribution in [3.05, 3.63) is 18.2 Å². The van der Waals surface area contributed by atoms with E-state index in [0.717, 1.165) is 0 Å². The van der Waals surface area contributed by atoms with E-state index in [1.54, 1.807) is 13.8 Å². The summed E-state index contributed by atoms with van der Waals surface area (Å²) in [5, 5.41) is 46.3. The van der Waals surface area contributed by atoms with E-state index in [1.807, 2.05) is 6.26 Å². The first-order valence-corrected chi connectivity index (χ1v) is 34.6. The van der Waals surface area contributed by atoms with Gasteiger partial charge in [0, 0.05) is 44.4 Å². The molecular weight excluding hydrogens is 1290 g/mol. The monoisotopic (exact) mass is 1390 g/mol. The maximum Gasteiger partial charge on any atom is 0.338 e. The lowest BCUT2D eigenvalue weighted by molar-refractivity contribution is -0.460. The number of aliphatic carboxylic acids is 1. The third kappa shape index (κ3) is 24.9. The van der Waals surface area contributed by atoms with Crippen molar-refractivity contribution in [3.63, 3.8) is 0 Å². The van der Waals surface area contributed by atoms with Crippen molar-refractivity contribution < 1.29 is 88.3 Å². The minimum Gasteiger partial charge on any atom is -0.548 e. The summed E-state index contributed by atoms with van der Waals surface area (Å²) in [5.41, 5.74) is 26.5. The van der Waals surface area contributed by atoms with Crippen LogP contribution in [0.15, 0.2) is 12.5 Å². The van der Waals surface area contributed by atoms with Gasteiger partial charge in [-0.25, -0.2) is 4.98 Å². The van der Waals surface area contributed by atoms with Gasteiger partial charge in [0.05, 0.1) is 51.1 Å². The molecular formula is C60H101N21O15S+2. The number of unbranched alkanes of at least 4 members (excludes halogenated alkanes) is 1. The minimum absolute atomic E-state index is 0.0233. The number of amides is 12. The van der Waals surface area contributed by atoms with E-state index >= 15 is 0 Å². The molecule has 1 aromatic rings. The molecule has 0 radical (unpaired) electrons. The van der Waals surface area contributed by atoms with Crippen LogP contribution in [0.3, 0.4) is 0 Å². The largest absolute Gasteiger partial charge is 0.548 e. The molecule has 0 bridgehead atoms. The number of quaternary nitrogens is 1. The van der Waals surface area contributed by atoms with Gasteiger partial charge in [0.25, 0.3) is 0 Å². The molecule has 24 N–H and O–H groups in total. The molecule has 1 aromatic heterocycles. The Kier molecular flexibility index (Phi) is 32.5. The molecule has 12 amide bonds. The van der Waals surface area contributed by atoms with Gasteiger partial charge in [-0.3, -0.25) is 90.5 Å². The van der Waals surface area contributed by atoms with Crippen LogP contribution < -0.4 is 91.6 Å². The van der Waals surface area contributed by atoms with Crippen LogP contribution in [0.25, 0.3) is 0 Å². The van der Waals surface area contributed by atoms with Gasteiger partial charge >= 0.3 is 11.9 Å². The Morgan fingerprint density at radius 2 is 1.13 bits per heavy atom. The van der Waals surface area contributed by atoms with Crippen molar-refractivity contribution in [1.82, 2.24) is 72.5 Å². The number of aromatic nitrogens is 2. The highest BCUT2D eigenvalue weighted by atomic mass is 32.2. The van der Waals surface area contributed by atoms with Crippen LogP contribution in [0.5, 0.6) is 0 Å². The quantitative estimate of drug-likeness (QED) is 0.0165. The van der Waals surface area contributed by atoms with Gasteiger partial charge in [-0.2, -0.15) is 11.8 Å². The van der Waals surface area contributed by atoms with Gasteiger partial charge in [-0.1, -0.05) is 13.8 Å². The number of thioether (sulfide) groups is 1. The van der Waals surface area contributed by atoms with Gasteiger partial charge in [0.1, 0.15) is 60.4 Å². The van der Waals surface area contributed by atoms with Crippen LogP contribution in [-0.2, 0) is 68.7 Å². The second kappa shape index (κ2) is 40.0. The molecule has 5 heterocycles. The molecule has 540 valence electrons. The summed E-state index contributed by atoms with van der Waals surface area (Å²) in [4.78, 5) is 195. The maximum atomic E-state index is 14.5. The van der Waals surface area contributed by atoms with Crippen molar-refractivity contribution in [3.8, 4) is 0 Å². The molecule has 4 aliphatic rings. The highest BCUT2D eigenvalue weighted by molar-refractivity contribution is 7.98. The van der Waals surface area contributed by atoms with Crippen LogP contribution in [0.1, 0.15) is 129 Å². The fraction of sp³-hybridized carbons (Fsp3) is 0.700. The highest BCUT2D eigenvalue weighted by Gasteiger charge is 2.43. The number of rotatable bonds is 40. The van der Waals surface area contributed by atoms with Gasteiger partial charge in [-0.05, 0) is 121 Å². The summed E-state index contributed by atoms with van der Waals surface area (Å²) in [7, 11) is 0. The van der Waals surface area contributed by atoms with Crippen LogP contribution >= 0.6 is 11.8 Å². The number of nitrogens with zero attached hydrogens (tertiary/aromatic N) is 4. The first kappa shape index (κ1) is 78.8. The number of nitrogens with one attached hydrogen (secondary N) is 12. The first-order chi connectivity index (χ1) is 46.3. The number of aliphatic hydroxyl groups excluding tert-OH is 1. The number of carboxylic acids is 1. The second-order valence-corrected chi connectivity index (χ2v) is 26.0. The zero-order chi connectivity index (χ0) is 71.3. The maximum absolute atomic E-state index is 14.5. The number of aromatic amines is 1. The number of hydrogen-bond donors (Lipinski definition) is 18. The third-order valence-electron chi connectivity index (χ3n) is 17.1. The first-order valence-electron chi connectivity index (χ1n) is 33.2. The Morgan fingerprint density at radius 3 is 1.69 bits per heavy atom. The number of hydrogen-bond acceptors (Lipinski definition) is 17. The zero-order valence-electron chi connectivity index (χ0n) is 55.6. The number of carboxylic acid groups (broad SMARTS) is 1. The molecule has 5 rings (SSSR count). The molecule has 0 aromatic carbocycles. The standard InChI is InChI=1S/C60H99N21O15S/c1-33(2)27-40(76-49(86)36(12-6-21-67-59(62)63)73-55(92)44-15-9-24-80(44)56(93)38(13-7-22-68-60(64)65)74-50(87)37-17-18-46(83)71-37)51(88)78-42(31-82)53(90)77-41(28-34-29-66-32-70-34)52(89)72-35(11-4-5-20-61)48(85)69-30-47(84)79-23-8-14-43(79)54(91)75-39(19-26-97-3)57(94)81-25-10-16-45(81)58(95)96/h29,32-33,35-45,82H,4-28,30-31,61H2,1-3H3,(H,66,70)(H,69,85)(H,71,83)(H,72,89)(H,73,92)(H,74,87)(H,75,91)(H,76,86)(H,77,90)(H,78,88)(H,95,96)(H4,62,63,67)(H4,64,65,68)/p+2/t35-,36-,37-,38-,39-,40-,41-,42-,43-,44-,45-/m0/s1. The van der Waals surface area contributed by atoms with E-state index in [4.69, 9.17) is 22.9 Å². The van der Waals surface area contributed by atoms with E-state index < -0.39 is 151 Å². The normalized spacial score (nSPS) is 19.6. The van der Waals surface area contributed by atoms with E-state index in [9.17, 15) is 72.5 Å². The number of aliphatic hydroxyl groups is 1. The number of H-pyrrole nitrogens is 1. The van der Waals surface area contributed by atoms with Crippen molar-refractivity contribution in [2.45, 2.75) is 196 Å². The Balaban J connectivity index is 1.27. The summed E-state index contributed by atoms with van der Waals surface area (Å²) in [5.74, 6) is -9.85. The number of nitrogens with two attached hydrogens (primary N) is 4. The second-order valence-electron chi connectivity index (χ2n) is 25.0. The van der Waals surface area contributed by atoms with Crippen molar-refractivity contribution in [1.29, 1.82) is 0 Å². The van der Waals surface area contributed by atoms with Gasteiger partial charge in [0.2, 0.25) is 70.9 Å². The third-order valence-corrected chi connectivity index (χ3v) is 17.8. The van der Waals surface area contributed by atoms with E-state index in [0.29, 0.717) is 56.5 Å². The van der Waals surface area contributed by atoms with Gasteiger partial charge in [0.15, 0.2) is 0 Å². The Labute approximate surface area is 566 Å². The Morgan fingerprint density at radius 1 is 0.639 bits per heavy atom. The predicted octanol–water partition coefficient (Wildman–Crippen LogP) is -12.1. The summed E-state index contributed by atoms with van der Waals surface area (Å²) >= 11 is 1.43. The molecule has 37 heteroatoms. The number of carbonyl (C=O) groups is 13. The van der Waals surface area contributed by atoms with Crippen molar-refractivity contribution >= 4 is 101 Å². The lowest BCUT2D eigenvalue weighted by Crippen LogP contribution is -2.78. The highest BCUT2D eigenvalue weighted by Crippen LogP contribution is 2.24. The molecule has 4 aliphatic heterocycles. The number of imidazole rings is 1. The Bertz CT molecular complexity index is 2950. The van der Waals surface area contributed by atoms with E-state index in [-0.39, 0.29) is 134 Å². The molecule has 0 saturated carbocycles. The fourth-order valence-corrected chi connectivity index (χ4v) is 12.5. The Hall–Kier alpha value is -8.87. The SMILES string of the molecule is CSCC[C@H](NC(=O)[C@@H]1CCCN1C(=O)CNC(=O)[C@H](CCCC[NH3+])NC(=O)[C@H](Cc1cnc[nH]1)NC(=O)[C@H](CO)NC(=O)[C@H](CC(C)C)NC(=O)[C@H](CCC[NH+]=C(N)N)NC(=O)[C@@H]1CCCN1C(=O)[C@H](CCC[NH+]=C(N)N)NC(=O)[C@@H]1CCC(=O)N1)C(=O)N1CCC[C@H]1C(=O)[O-]. The molecule has 4 fully saturated rings. The summed E-state index contributed by atoms with van der Waals surface area (Å²) in [6.45, 7) is 3.26. The molecule has 0 aliphatic carbocycles. The summed E-state index contributed by atoms with van der Waals surface area (Å²) in [6, 6.07) is -13.6. The van der Waals surface area contributed by atoms with E-state index in [1.165, 1.54) is 39.0 Å². The lowest BCUT2D eigenvalue weighted by Gasteiger charge is -2.31.